The van der Waals surface area contributed by atoms with E-state index in [1.165, 1.54) is 57.8 Å². The van der Waals surface area contributed by atoms with Gasteiger partial charge >= 0.3 is 0 Å². The Bertz CT molecular complexity index is 284. The molecule has 0 aliphatic heterocycles. The second-order valence-electron chi connectivity index (χ2n) is 4.94. The molecule has 0 fully saturated rings. The highest BCUT2D eigenvalue weighted by Crippen LogP contribution is 2.10. The summed E-state index contributed by atoms with van der Waals surface area (Å²) in [5, 5.41) is 8.53. The van der Waals surface area contributed by atoms with Crippen LogP contribution in [0.5, 0.6) is 0 Å². The highest BCUT2D eigenvalue weighted by atomic mass is 16.2. The number of rotatable bonds is 10. The Hall–Kier alpha value is -0.920. The van der Waals surface area contributed by atoms with Crippen LogP contribution in [0.25, 0.3) is 0 Å². The summed E-state index contributed by atoms with van der Waals surface area (Å²) < 4.78 is 0. The van der Waals surface area contributed by atoms with Crippen molar-refractivity contribution in [2.45, 2.75) is 84.0 Å². The van der Waals surface area contributed by atoms with Crippen molar-refractivity contribution in [3.05, 3.63) is 0 Å². The summed E-state index contributed by atoms with van der Waals surface area (Å²) >= 11 is 0. The average Bonchev–Trinajstić information content (AvgIpc) is 2.43. The first-order valence-corrected chi connectivity index (χ1v) is 7.94. The molecule has 0 heterocycles. The van der Waals surface area contributed by atoms with Crippen molar-refractivity contribution in [3.8, 4) is 23.7 Å². The minimum absolute atomic E-state index is 0.152. The molecule has 0 rings (SSSR count). The number of aliphatic hydroxyl groups is 1. The third kappa shape index (κ3) is 17.1. The summed E-state index contributed by atoms with van der Waals surface area (Å²) in [6.45, 7) is 2.41. The molecule has 0 aromatic heterocycles. The molecule has 0 radical (unpaired) electrons. The Morgan fingerprint density at radius 3 is 1.74 bits per heavy atom. The predicted molar refractivity (Wildman–Crippen MR) is 83.7 cm³/mol. The molecule has 0 saturated heterocycles. The molecular weight excluding hydrogens is 232 g/mol. The average molecular weight is 262 g/mol. The maximum absolute atomic E-state index is 8.53. The van der Waals surface area contributed by atoms with E-state index in [4.69, 9.17) is 5.11 Å². The molecule has 1 heteroatoms. The first kappa shape index (κ1) is 18.1. The molecule has 1 N–H and O–H groups in total. The summed E-state index contributed by atoms with van der Waals surface area (Å²) in [6.07, 6.45) is 14.5. The topological polar surface area (TPSA) is 20.2 Å². The van der Waals surface area contributed by atoms with E-state index in [-0.39, 0.29) is 6.61 Å². The van der Waals surface area contributed by atoms with E-state index in [0.29, 0.717) is 12.8 Å². The SMILES string of the molecule is CCCCCCCCCCCC#CCC#CCCO. The molecule has 0 amide bonds. The van der Waals surface area contributed by atoms with Crippen LogP contribution in [0.4, 0.5) is 0 Å². The smallest absolute Gasteiger partial charge is 0.0702 e. The van der Waals surface area contributed by atoms with Gasteiger partial charge in [-0.1, -0.05) is 76.1 Å². The van der Waals surface area contributed by atoms with E-state index >= 15 is 0 Å². The third-order valence-electron chi connectivity index (χ3n) is 3.07. The second kappa shape index (κ2) is 17.1. The fraction of sp³-hybridized carbons (Fsp3) is 0.778. The third-order valence-corrected chi connectivity index (χ3v) is 3.07. The van der Waals surface area contributed by atoms with Crippen LogP contribution in [0.15, 0.2) is 0 Å². The molecule has 0 atom stereocenters. The molecule has 0 spiro atoms. The van der Waals surface area contributed by atoms with Crippen molar-refractivity contribution < 1.29 is 5.11 Å². The summed E-state index contributed by atoms with van der Waals surface area (Å²) in [7, 11) is 0. The van der Waals surface area contributed by atoms with Crippen LogP contribution in [0, 0.1) is 23.7 Å². The lowest BCUT2D eigenvalue weighted by atomic mass is 10.1. The van der Waals surface area contributed by atoms with Gasteiger partial charge in [-0.05, 0) is 6.42 Å². The van der Waals surface area contributed by atoms with E-state index in [2.05, 4.69) is 30.6 Å². The summed E-state index contributed by atoms with van der Waals surface area (Å²) in [5.41, 5.74) is 0. The van der Waals surface area contributed by atoms with Gasteiger partial charge in [0.05, 0.1) is 13.0 Å². The van der Waals surface area contributed by atoms with E-state index in [9.17, 15) is 0 Å². The minimum atomic E-state index is 0.152. The van der Waals surface area contributed by atoms with E-state index < -0.39 is 0 Å². The van der Waals surface area contributed by atoms with Gasteiger partial charge in [0.2, 0.25) is 0 Å². The van der Waals surface area contributed by atoms with Crippen LogP contribution < -0.4 is 0 Å². The quantitative estimate of drug-likeness (QED) is 0.447. The van der Waals surface area contributed by atoms with Crippen LogP contribution in [0.1, 0.15) is 84.0 Å². The van der Waals surface area contributed by atoms with Crippen molar-refractivity contribution in [3.63, 3.8) is 0 Å². The van der Waals surface area contributed by atoms with Gasteiger partial charge in [-0.3, -0.25) is 0 Å². The Morgan fingerprint density at radius 2 is 1.16 bits per heavy atom. The zero-order valence-electron chi connectivity index (χ0n) is 12.6. The molecule has 1 nitrogen and oxygen atoms in total. The lowest BCUT2D eigenvalue weighted by Crippen LogP contribution is -1.80. The summed E-state index contributed by atoms with van der Waals surface area (Å²) in [6, 6.07) is 0. The second-order valence-corrected chi connectivity index (χ2v) is 4.94. The molecule has 0 aromatic rings. The van der Waals surface area contributed by atoms with Crippen LogP contribution in [0.3, 0.4) is 0 Å². The lowest BCUT2D eigenvalue weighted by Gasteiger charge is -2.00. The maximum Gasteiger partial charge on any atom is 0.0702 e. The fourth-order valence-corrected chi connectivity index (χ4v) is 1.93. The number of unbranched alkanes of at least 4 members (excludes halogenated alkanes) is 9. The molecule has 0 aliphatic rings. The van der Waals surface area contributed by atoms with Gasteiger partial charge in [0, 0.05) is 12.8 Å². The standard InChI is InChI=1S/C18H30O/c1-2-3-4-5-6-7-8-9-10-11-12-13-14-15-16-17-18-19/h19H,2-11,14,17-18H2,1H3. The van der Waals surface area contributed by atoms with Crippen LogP contribution in [-0.2, 0) is 0 Å². The van der Waals surface area contributed by atoms with Crippen molar-refractivity contribution in [1.29, 1.82) is 0 Å². The molecule has 0 bridgehead atoms. The van der Waals surface area contributed by atoms with Crippen molar-refractivity contribution in [1.82, 2.24) is 0 Å². The number of hydrogen-bond donors (Lipinski definition) is 1. The summed E-state index contributed by atoms with van der Waals surface area (Å²) in [4.78, 5) is 0. The number of hydrogen-bond acceptors (Lipinski definition) is 1. The van der Waals surface area contributed by atoms with Crippen molar-refractivity contribution in [2.24, 2.45) is 0 Å². The Labute approximate surface area is 120 Å². The largest absolute Gasteiger partial charge is 0.395 e. The highest BCUT2D eigenvalue weighted by molar-refractivity contribution is 5.11. The van der Waals surface area contributed by atoms with Crippen molar-refractivity contribution in [2.75, 3.05) is 6.61 Å². The maximum atomic E-state index is 8.53. The Kier molecular flexibility index (Phi) is 16.3. The zero-order valence-corrected chi connectivity index (χ0v) is 12.6. The molecule has 19 heavy (non-hydrogen) atoms. The zero-order chi connectivity index (χ0) is 14.0. The van der Waals surface area contributed by atoms with Crippen LogP contribution >= 0.6 is 0 Å². The lowest BCUT2D eigenvalue weighted by molar-refractivity contribution is 0.305. The molecule has 108 valence electrons. The van der Waals surface area contributed by atoms with Gasteiger partial charge in [0.25, 0.3) is 0 Å². The summed E-state index contributed by atoms with van der Waals surface area (Å²) in [5.74, 6) is 12.0. The number of aliphatic hydroxyl groups excluding tert-OH is 1. The fourth-order valence-electron chi connectivity index (χ4n) is 1.93. The molecule has 0 aromatic carbocycles. The van der Waals surface area contributed by atoms with Gasteiger partial charge in [0.15, 0.2) is 0 Å². The monoisotopic (exact) mass is 262 g/mol. The first-order valence-electron chi connectivity index (χ1n) is 7.94. The Balaban J connectivity index is 3.14. The van der Waals surface area contributed by atoms with Gasteiger partial charge in [0.1, 0.15) is 0 Å². The van der Waals surface area contributed by atoms with Crippen LogP contribution in [0.2, 0.25) is 0 Å². The van der Waals surface area contributed by atoms with Crippen LogP contribution in [-0.4, -0.2) is 11.7 Å². The molecule has 0 saturated carbocycles. The van der Waals surface area contributed by atoms with Gasteiger partial charge in [-0.2, -0.15) is 0 Å². The van der Waals surface area contributed by atoms with Gasteiger partial charge in [-0.25, -0.2) is 0 Å². The predicted octanol–water partition coefficient (Wildman–Crippen LogP) is 4.69. The molecular formula is C18H30O. The Morgan fingerprint density at radius 1 is 0.632 bits per heavy atom. The van der Waals surface area contributed by atoms with E-state index in [1.807, 2.05) is 0 Å². The highest BCUT2D eigenvalue weighted by Gasteiger charge is 1.90. The normalized spacial score (nSPS) is 9.37. The van der Waals surface area contributed by atoms with E-state index in [1.54, 1.807) is 0 Å². The van der Waals surface area contributed by atoms with Gasteiger partial charge in [-0.15, -0.1) is 5.92 Å². The minimum Gasteiger partial charge on any atom is -0.395 e. The molecule has 0 unspecified atom stereocenters. The van der Waals surface area contributed by atoms with E-state index in [0.717, 1.165) is 6.42 Å². The van der Waals surface area contributed by atoms with Gasteiger partial charge < -0.3 is 5.11 Å². The van der Waals surface area contributed by atoms with Crippen molar-refractivity contribution >= 4 is 0 Å². The molecule has 0 aliphatic carbocycles. The first-order chi connectivity index (χ1) is 9.41.